The molecule has 0 unspecified atom stereocenters. The smallest absolute Gasteiger partial charge is 0.354 e. The highest BCUT2D eigenvalue weighted by Gasteiger charge is 2.45. The zero-order chi connectivity index (χ0) is 10.1. The Balaban J connectivity index is 2.60. The maximum Gasteiger partial charge on any atom is 0.416 e. The average molecular weight is 197 g/mol. The predicted octanol–water partition coefficient (Wildman–Crippen LogP) is 0.842. The zero-order valence-electron chi connectivity index (χ0n) is 7.02. The summed E-state index contributed by atoms with van der Waals surface area (Å²) in [6.45, 7) is 1.11. The molecule has 0 aromatic rings. The van der Waals surface area contributed by atoms with Crippen molar-refractivity contribution in [2.75, 3.05) is 6.54 Å². The normalized spacial score (nSPS) is 30.0. The first-order chi connectivity index (χ1) is 5.95. The van der Waals surface area contributed by atoms with E-state index < -0.39 is 30.8 Å². The molecule has 0 bridgehead atoms. The first kappa shape index (κ1) is 10.3. The second-order valence-corrected chi connectivity index (χ2v) is 2.81. The molecule has 0 aliphatic carbocycles. The van der Waals surface area contributed by atoms with Gasteiger partial charge in [-0.1, -0.05) is 6.92 Å². The van der Waals surface area contributed by atoms with Crippen LogP contribution in [0.5, 0.6) is 0 Å². The van der Waals surface area contributed by atoms with Crippen molar-refractivity contribution in [2.24, 2.45) is 0 Å². The fourth-order valence-corrected chi connectivity index (χ4v) is 1.09. The highest BCUT2D eigenvalue weighted by Crippen LogP contribution is 2.25. The van der Waals surface area contributed by atoms with Crippen molar-refractivity contribution in [2.45, 2.75) is 31.7 Å². The highest BCUT2D eigenvalue weighted by atomic mass is 19.4. The molecular formula is C7H10F3NO2. The van der Waals surface area contributed by atoms with Crippen molar-refractivity contribution in [1.82, 2.24) is 5.32 Å². The van der Waals surface area contributed by atoms with E-state index in [2.05, 4.69) is 10.1 Å². The summed E-state index contributed by atoms with van der Waals surface area (Å²) in [4.78, 5) is 10.9. The van der Waals surface area contributed by atoms with Gasteiger partial charge >= 0.3 is 6.18 Å². The van der Waals surface area contributed by atoms with Crippen LogP contribution in [0, 0.1) is 0 Å². The SMILES string of the molecule is CC[C@H]1O[C@H](C(F)(F)F)CNC1=O. The van der Waals surface area contributed by atoms with Gasteiger partial charge in [0.25, 0.3) is 0 Å². The Morgan fingerprint density at radius 3 is 2.69 bits per heavy atom. The summed E-state index contributed by atoms with van der Waals surface area (Å²) in [7, 11) is 0. The van der Waals surface area contributed by atoms with Crippen molar-refractivity contribution in [1.29, 1.82) is 0 Å². The van der Waals surface area contributed by atoms with Crippen molar-refractivity contribution < 1.29 is 22.7 Å². The predicted molar refractivity (Wildman–Crippen MR) is 38.0 cm³/mol. The number of hydrogen-bond donors (Lipinski definition) is 1. The Hall–Kier alpha value is -0.780. The summed E-state index contributed by atoms with van der Waals surface area (Å²) in [5.41, 5.74) is 0. The summed E-state index contributed by atoms with van der Waals surface area (Å²) in [6, 6.07) is 0. The van der Waals surface area contributed by atoms with Gasteiger partial charge in [-0.2, -0.15) is 13.2 Å². The molecule has 1 fully saturated rings. The molecule has 1 rings (SSSR count). The summed E-state index contributed by atoms with van der Waals surface area (Å²) >= 11 is 0. The van der Waals surface area contributed by atoms with Crippen LogP contribution in [0.2, 0.25) is 0 Å². The molecule has 1 aliphatic heterocycles. The van der Waals surface area contributed by atoms with E-state index in [0.717, 1.165) is 0 Å². The molecule has 13 heavy (non-hydrogen) atoms. The third kappa shape index (κ3) is 2.33. The molecule has 3 nitrogen and oxygen atoms in total. The van der Waals surface area contributed by atoms with E-state index in [9.17, 15) is 18.0 Å². The molecule has 1 N–H and O–H groups in total. The van der Waals surface area contributed by atoms with E-state index >= 15 is 0 Å². The van der Waals surface area contributed by atoms with Gasteiger partial charge in [0.2, 0.25) is 5.91 Å². The number of carbonyl (C=O) groups is 1. The van der Waals surface area contributed by atoms with Gasteiger partial charge in [0.1, 0.15) is 6.10 Å². The van der Waals surface area contributed by atoms with Crippen LogP contribution < -0.4 is 5.32 Å². The van der Waals surface area contributed by atoms with Crippen LogP contribution in [-0.4, -0.2) is 30.8 Å². The van der Waals surface area contributed by atoms with Gasteiger partial charge in [-0.05, 0) is 6.42 Å². The van der Waals surface area contributed by atoms with Gasteiger partial charge in [-0.3, -0.25) is 4.79 Å². The lowest BCUT2D eigenvalue weighted by Crippen LogP contribution is -2.54. The summed E-state index contributed by atoms with van der Waals surface area (Å²) in [5.74, 6) is -0.469. The molecule has 2 atom stereocenters. The Kier molecular flexibility index (Phi) is 2.80. The van der Waals surface area contributed by atoms with Crippen LogP contribution >= 0.6 is 0 Å². The molecule has 0 aromatic heterocycles. The third-order valence-corrected chi connectivity index (χ3v) is 1.82. The summed E-state index contributed by atoms with van der Waals surface area (Å²) < 4.78 is 40.9. The largest absolute Gasteiger partial charge is 0.416 e. The topological polar surface area (TPSA) is 38.3 Å². The number of nitrogens with one attached hydrogen (secondary N) is 1. The Bertz CT molecular complexity index is 204. The minimum atomic E-state index is -4.40. The lowest BCUT2D eigenvalue weighted by atomic mass is 10.2. The standard InChI is InChI=1S/C7H10F3NO2/c1-2-4-6(12)11-3-5(13-4)7(8,9)10/h4-5H,2-3H2,1H3,(H,11,12)/t4-,5+/m1/s1. The average Bonchev–Trinajstić information content (AvgIpc) is 2.03. The second-order valence-electron chi connectivity index (χ2n) is 2.81. The molecule has 76 valence electrons. The van der Waals surface area contributed by atoms with Crippen LogP contribution in [-0.2, 0) is 9.53 Å². The number of morpholine rings is 1. The van der Waals surface area contributed by atoms with Crippen LogP contribution in [0.4, 0.5) is 13.2 Å². The number of carbonyl (C=O) groups excluding carboxylic acids is 1. The van der Waals surface area contributed by atoms with Crippen LogP contribution in [0.1, 0.15) is 13.3 Å². The molecule has 0 radical (unpaired) electrons. The molecular weight excluding hydrogens is 187 g/mol. The van der Waals surface area contributed by atoms with E-state index in [1.807, 2.05) is 0 Å². The van der Waals surface area contributed by atoms with Crippen LogP contribution in [0.15, 0.2) is 0 Å². The number of rotatable bonds is 1. The molecule has 6 heteroatoms. The van der Waals surface area contributed by atoms with Crippen LogP contribution in [0.3, 0.4) is 0 Å². The summed E-state index contributed by atoms with van der Waals surface area (Å²) in [5, 5.41) is 2.16. The minimum absolute atomic E-state index is 0.248. The maximum atomic E-state index is 12.1. The number of amides is 1. The van der Waals surface area contributed by atoms with Crippen LogP contribution in [0.25, 0.3) is 0 Å². The van der Waals surface area contributed by atoms with Crippen molar-refractivity contribution in [3.05, 3.63) is 0 Å². The van der Waals surface area contributed by atoms with E-state index in [4.69, 9.17) is 0 Å². The van der Waals surface area contributed by atoms with Crippen molar-refractivity contribution in [3.8, 4) is 0 Å². The van der Waals surface area contributed by atoms with Gasteiger partial charge in [-0.15, -0.1) is 0 Å². The molecule has 1 heterocycles. The van der Waals surface area contributed by atoms with E-state index in [0.29, 0.717) is 0 Å². The first-order valence-corrected chi connectivity index (χ1v) is 3.95. The quantitative estimate of drug-likeness (QED) is 0.676. The van der Waals surface area contributed by atoms with E-state index in [-0.39, 0.29) is 6.42 Å². The first-order valence-electron chi connectivity index (χ1n) is 3.95. The Morgan fingerprint density at radius 2 is 2.23 bits per heavy atom. The van der Waals surface area contributed by atoms with Crippen molar-refractivity contribution in [3.63, 3.8) is 0 Å². The number of alkyl halides is 3. The number of halogens is 3. The second kappa shape index (κ2) is 3.53. The lowest BCUT2D eigenvalue weighted by molar-refractivity contribution is -0.237. The zero-order valence-corrected chi connectivity index (χ0v) is 7.02. The third-order valence-electron chi connectivity index (χ3n) is 1.82. The Morgan fingerprint density at radius 1 is 1.62 bits per heavy atom. The molecule has 1 aliphatic rings. The van der Waals surface area contributed by atoms with E-state index in [1.165, 1.54) is 0 Å². The molecule has 1 saturated heterocycles. The maximum absolute atomic E-state index is 12.1. The molecule has 0 saturated carbocycles. The highest BCUT2D eigenvalue weighted by molar-refractivity contribution is 5.81. The molecule has 0 aromatic carbocycles. The molecule has 0 spiro atoms. The van der Waals surface area contributed by atoms with Gasteiger partial charge in [0, 0.05) is 0 Å². The summed E-state index contributed by atoms with van der Waals surface area (Å²) in [6.07, 6.45) is -6.99. The monoisotopic (exact) mass is 197 g/mol. The fraction of sp³-hybridized carbons (Fsp3) is 0.857. The van der Waals surface area contributed by atoms with Gasteiger partial charge in [0.15, 0.2) is 6.10 Å². The van der Waals surface area contributed by atoms with E-state index in [1.54, 1.807) is 6.92 Å². The van der Waals surface area contributed by atoms with Crippen molar-refractivity contribution >= 4 is 5.91 Å². The number of ether oxygens (including phenoxy) is 1. The Labute approximate surface area is 73.2 Å². The van der Waals surface area contributed by atoms with Gasteiger partial charge in [0.05, 0.1) is 6.54 Å². The van der Waals surface area contributed by atoms with Gasteiger partial charge < -0.3 is 10.1 Å². The van der Waals surface area contributed by atoms with Gasteiger partial charge in [-0.25, -0.2) is 0 Å². The number of hydrogen-bond acceptors (Lipinski definition) is 2. The minimum Gasteiger partial charge on any atom is -0.354 e. The molecule has 1 amide bonds. The lowest BCUT2D eigenvalue weighted by Gasteiger charge is -2.30. The fourth-order valence-electron chi connectivity index (χ4n) is 1.09.